The molecule has 112 valence electrons. The summed E-state index contributed by atoms with van der Waals surface area (Å²) >= 11 is 3.12. The summed E-state index contributed by atoms with van der Waals surface area (Å²) in [5.41, 5.74) is 0.129. The Morgan fingerprint density at radius 2 is 1.76 bits per heavy atom. The average molecular weight is 363 g/mol. The summed E-state index contributed by atoms with van der Waals surface area (Å²) < 4.78 is 57.2. The molecule has 0 amide bonds. The molecule has 0 unspecified atom stereocenters. The summed E-state index contributed by atoms with van der Waals surface area (Å²) in [7, 11) is 0. The second-order valence-corrected chi connectivity index (χ2v) is 4.94. The van der Waals surface area contributed by atoms with Crippen molar-refractivity contribution in [2.45, 2.75) is 18.1 Å². The lowest BCUT2D eigenvalue weighted by Crippen LogP contribution is -2.09. The predicted molar refractivity (Wildman–Crippen MR) is 74.8 cm³/mol. The zero-order chi connectivity index (χ0) is 15.5. The highest BCUT2D eigenvalue weighted by molar-refractivity contribution is 9.08. The van der Waals surface area contributed by atoms with E-state index in [-0.39, 0.29) is 12.4 Å². The lowest BCUT2D eigenvalue weighted by Gasteiger charge is -2.15. The molecule has 0 aliphatic heterocycles. The summed E-state index contributed by atoms with van der Waals surface area (Å²) in [6.07, 6.45) is -4.50. The van der Waals surface area contributed by atoms with Gasteiger partial charge < -0.3 is 4.74 Å². The van der Waals surface area contributed by atoms with Crippen molar-refractivity contribution in [3.8, 4) is 5.75 Å². The van der Waals surface area contributed by atoms with Crippen molar-refractivity contribution in [3.05, 3.63) is 65.0 Å². The van der Waals surface area contributed by atoms with Gasteiger partial charge in [0.15, 0.2) is 0 Å². The molecule has 21 heavy (non-hydrogen) atoms. The van der Waals surface area contributed by atoms with Crippen LogP contribution in [0.4, 0.5) is 17.6 Å². The second kappa shape index (κ2) is 6.47. The molecule has 0 aromatic heterocycles. The molecule has 0 fully saturated rings. The highest BCUT2D eigenvalue weighted by atomic mass is 79.9. The van der Waals surface area contributed by atoms with Gasteiger partial charge in [-0.25, -0.2) is 4.39 Å². The standard InChI is InChI=1S/C15H11BrF4O/c16-8-10-4-5-14(13(7-10)15(18,19)20)21-9-11-2-1-3-12(17)6-11/h1-7H,8-9H2. The highest BCUT2D eigenvalue weighted by Crippen LogP contribution is 2.37. The largest absolute Gasteiger partial charge is 0.488 e. The summed E-state index contributed by atoms with van der Waals surface area (Å²) in [6.45, 7) is -0.130. The first-order valence-corrected chi connectivity index (χ1v) is 7.15. The van der Waals surface area contributed by atoms with E-state index in [1.807, 2.05) is 0 Å². The Morgan fingerprint density at radius 1 is 1.00 bits per heavy atom. The maximum absolute atomic E-state index is 13.0. The van der Waals surface area contributed by atoms with Gasteiger partial charge in [-0.3, -0.25) is 0 Å². The van der Waals surface area contributed by atoms with Gasteiger partial charge in [-0.1, -0.05) is 34.1 Å². The Labute approximate surface area is 127 Å². The van der Waals surface area contributed by atoms with Crippen molar-refractivity contribution in [2.24, 2.45) is 0 Å². The SMILES string of the molecule is Fc1cccc(COc2ccc(CBr)cc2C(F)(F)F)c1. The molecule has 0 aliphatic rings. The molecule has 0 N–H and O–H groups in total. The third kappa shape index (κ3) is 4.20. The fourth-order valence-corrected chi connectivity index (χ4v) is 2.14. The molecule has 0 saturated carbocycles. The number of ether oxygens (including phenoxy) is 1. The maximum atomic E-state index is 13.0. The van der Waals surface area contributed by atoms with E-state index >= 15 is 0 Å². The molecule has 2 aromatic rings. The molecule has 0 heterocycles. The second-order valence-electron chi connectivity index (χ2n) is 4.38. The van der Waals surface area contributed by atoms with Crippen LogP contribution in [0.5, 0.6) is 5.75 Å². The van der Waals surface area contributed by atoms with E-state index in [2.05, 4.69) is 15.9 Å². The van der Waals surface area contributed by atoms with Crippen molar-refractivity contribution < 1.29 is 22.3 Å². The van der Waals surface area contributed by atoms with Gasteiger partial charge in [-0.2, -0.15) is 13.2 Å². The maximum Gasteiger partial charge on any atom is 0.419 e. The van der Waals surface area contributed by atoms with Crippen LogP contribution >= 0.6 is 15.9 Å². The average Bonchev–Trinajstić information content (AvgIpc) is 2.44. The Kier molecular flexibility index (Phi) is 4.88. The van der Waals surface area contributed by atoms with Crippen molar-refractivity contribution >= 4 is 15.9 Å². The number of rotatable bonds is 4. The first kappa shape index (κ1) is 15.8. The minimum Gasteiger partial charge on any atom is -0.488 e. The third-order valence-corrected chi connectivity index (χ3v) is 3.43. The van der Waals surface area contributed by atoms with Gasteiger partial charge in [-0.15, -0.1) is 0 Å². The molecule has 0 radical (unpaired) electrons. The van der Waals surface area contributed by atoms with Gasteiger partial charge in [0.1, 0.15) is 18.2 Å². The minimum atomic E-state index is -4.50. The van der Waals surface area contributed by atoms with Crippen LogP contribution in [0.1, 0.15) is 16.7 Å². The van der Waals surface area contributed by atoms with Crippen LogP contribution in [0.2, 0.25) is 0 Å². The highest BCUT2D eigenvalue weighted by Gasteiger charge is 2.34. The van der Waals surface area contributed by atoms with Crippen LogP contribution in [0.15, 0.2) is 42.5 Å². The van der Waals surface area contributed by atoms with E-state index in [1.54, 1.807) is 12.1 Å². The predicted octanol–water partition coefficient (Wildman–Crippen LogP) is 5.32. The van der Waals surface area contributed by atoms with Crippen molar-refractivity contribution in [2.75, 3.05) is 0 Å². The monoisotopic (exact) mass is 362 g/mol. The fraction of sp³-hybridized carbons (Fsp3) is 0.200. The first-order valence-electron chi connectivity index (χ1n) is 6.03. The molecular formula is C15H11BrF4O. The lowest BCUT2D eigenvalue weighted by atomic mass is 10.1. The van der Waals surface area contributed by atoms with Gasteiger partial charge in [0.25, 0.3) is 0 Å². The molecule has 2 aromatic carbocycles. The van der Waals surface area contributed by atoms with Crippen molar-refractivity contribution in [3.63, 3.8) is 0 Å². The number of alkyl halides is 4. The Balaban J connectivity index is 2.23. The Morgan fingerprint density at radius 3 is 2.38 bits per heavy atom. The molecule has 2 rings (SSSR count). The first-order chi connectivity index (χ1) is 9.90. The van der Waals surface area contributed by atoms with Gasteiger partial charge in [-0.05, 0) is 35.4 Å². The lowest BCUT2D eigenvalue weighted by molar-refractivity contribution is -0.139. The Hall–Kier alpha value is -1.56. The molecule has 1 nitrogen and oxygen atoms in total. The van der Waals surface area contributed by atoms with Gasteiger partial charge in [0.05, 0.1) is 5.56 Å². The number of hydrogen-bond acceptors (Lipinski definition) is 1. The van der Waals surface area contributed by atoms with E-state index in [4.69, 9.17) is 4.74 Å². The molecule has 0 atom stereocenters. The third-order valence-electron chi connectivity index (χ3n) is 2.79. The normalized spacial score (nSPS) is 11.5. The number of benzene rings is 2. The van der Waals surface area contributed by atoms with Crippen LogP contribution in [0.25, 0.3) is 0 Å². The van der Waals surface area contributed by atoms with E-state index in [9.17, 15) is 17.6 Å². The number of hydrogen-bond donors (Lipinski definition) is 0. The minimum absolute atomic E-state index is 0.130. The quantitative estimate of drug-likeness (QED) is 0.528. The van der Waals surface area contributed by atoms with E-state index in [1.165, 1.54) is 24.3 Å². The molecule has 0 spiro atoms. The van der Waals surface area contributed by atoms with Crippen LogP contribution in [-0.2, 0) is 18.1 Å². The van der Waals surface area contributed by atoms with E-state index in [0.29, 0.717) is 16.5 Å². The van der Waals surface area contributed by atoms with Crippen LogP contribution in [0, 0.1) is 5.82 Å². The van der Waals surface area contributed by atoms with Gasteiger partial charge in [0.2, 0.25) is 0 Å². The van der Waals surface area contributed by atoms with Crippen LogP contribution in [0.3, 0.4) is 0 Å². The summed E-state index contributed by atoms with van der Waals surface area (Å²) in [6, 6.07) is 9.41. The zero-order valence-electron chi connectivity index (χ0n) is 10.8. The Bertz CT molecular complexity index is 625. The molecule has 6 heteroatoms. The van der Waals surface area contributed by atoms with Gasteiger partial charge >= 0.3 is 6.18 Å². The fourth-order valence-electron chi connectivity index (χ4n) is 1.80. The molecule has 0 bridgehead atoms. The van der Waals surface area contributed by atoms with Gasteiger partial charge in [0, 0.05) is 5.33 Å². The van der Waals surface area contributed by atoms with Crippen LogP contribution in [-0.4, -0.2) is 0 Å². The molecule has 0 aliphatic carbocycles. The topological polar surface area (TPSA) is 9.23 Å². The van der Waals surface area contributed by atoms with Crippen molar-refractivity contribution in [1.82, 2.24) is 0 Å². The summed E-state index contributed by atoms with van der Waals surface area (Å²) in [5.74, 6) is -0.724. The number of halogens is 5. The summed E-state index contributed by atoms with van der Waals surface area (Å²) in [5, 5.41) is 0.320. The molecule has 0 saturated heterocycles. The summed E-state index contributed by atoms with van der Waals surface area (Å²) in [4.78, 5) is 0. The zero-order valence-corrected chi connectivity index (χ0v) is 12.3. The van der Waals surface area contributed by atoms with Crippen LogP contribution < -0.4 is 4.74 Å². The van der Waals surface area contributed by atoms with Crippen molar-refractivity contribution in [1.29, 1.82) is 0 Å². The molecular weight excluding hydrogens is 352 g/mol. The smallest absolute Gasteiger partial charge is 0.419 e. The van der Waals surface area contributed by atoms with E-state index < -0.39 is 17.6 Å². The van der Waals surface area contributed by atoms with E-state index in [0.717, 1.165) is 6.07 Å².